The summed E-state index contributed by atoms with van der Waals surface area (Å²) in [6.45, 7) is 1.44. The van der Waals surface area contributed by atoms with Crippen molar-refractivity contribution in [3.63, 3.8) is 0 Å². The van der Waals surface area contributed by atoms with E-state index in [1.54, 1.807) is 0 Å². The van der Waals surface area contributed by atoms with Gasteiger partial charge in [0.05, 0.1) is 0 Å². The molecule has 0 aliphatic carbocycles. The lowest BCUT2D eigenvalue weighted by Gasteiger charge is -2.04. The summed E-state index contributed by atoms with van der Waals surface area (Å²) in [6, 6.07) is 2.19. The molecule has 1 aromatic rings. The van der Waals surface area contributed by atoms with E-state index in [-0.39, 0.29) is 5.56 Å². The fourth-order valence-electron chi connectivity index (χ4n) is 0.877. The van der Waals surface area contributed by atoms with Gasteiger partial charge in [-0.3, -0.25) is 0 Å². The van der Waals surface area contributed by atoms with Crippen LogP contribution in [0.2, 0.25) is 0 Å². The van der Waals surface area contributed by atoms with Crippen LogP contribution in [0.25, 0.3) is 0 Å². The highest BCUT2D eigenvalue weighted by Gasteiger charge is 2.22. The molecule has 0 aromatic heterocycles. The standard InChI is InChI=1S/C7H6ClFO3S/c1-4-2-3-5(9)7(6(4)10)13(8,11)12/h2-3,10H,1H3. The molecule has 3 nitrogen and oxygen atoms in total. The van der Waals surface area contributed by atoms with Gasteiger partial charge in [-0.05, 0) is 18.6 Å². The van der Waals surface area contributed by atoms with Gasteiger partial charge in [0.25, 0.3) is 9.05 Å². The number of hydrogen-bond acceptors (Lipinski definition) is 3. The summed E-state index contributed by atoms with van der Waals surface area (Å²) >= 11 is 0. The molecule has 0 radical (unpaired) electrons. The van der Waals surface area contributed by atoms with Crippen LogP contribution in [0.15, 0.2) is 17.0 Å². The third kappa shape index (κ3) is 1.92. The van der Waals surface area contributed by atoms with Crippen LogP contribution in [0.4, 0.5) is 4.39 Å². The second kappa shape index (κ2) is 3.16. The first kappa shape index (κ1) is 10.3. The summed E-state index contributed by atoms with van der Waals surface area (Å²) in [5.41, 5.74) is 0.251. The van der Waals surface area contributed by atoms with Crippen molar-refractivity contribution in [2.75, 3.05) is 0 Å². The third-order valence-corrected chi connectivity index (χ3v) is 2.87. The molecule has 0 unspecified atom stereocenters. The Morgan fingerprint density at radius 2 is 2.00 bits per heavy atom. The smallest absolute Gasteiger partial charge is 0.267 e. The predicted molar refractivity (Wildman–Crippen MR) is 45.8 cm³/mol. The zero-order valence-electron chi connectivity index (χ0n) is 6.58. The van der Waals surface area contributed by atoms with Gasteiger partial charge in [0, 0.05) is 10.7 Å². The number of aryl methyl sites for hydroxylation is 1. The van der Waals surface area contributed by atoms with Gasteiger partial charge in [-0.2, -0.15) is 0 Å². The van der Waals surface area contributed by atoms with E-state index in [0.29, 0.717) is 0 Å². The van der Waals surface area contributed by atoms with Gasteiger partial charge in [0.2, 0.25) is 0 Å². The lowest BCUT2D eigenvalue weighted by atomic mass is 10.2. The monoisotopic (exact) mass is 224 g/mol. The van der Waals surface area contributed by atoms with E-state index in [1.807, 2.05) is 0 Å². The fraction of sp³-hybridized carbons (Fsp3) is 0.143. The molecule has 0 aliphatic heterocycles. The fourth-order valence-corrected chi connectivity index (χ4v) is 2.01. The zero-order valence-corrected chi connectivity index (χ0v) is 8.16. The maximum absolute atomic E-state index is 12.9. The maximum Gasteiger partial charge on any atom is 0.267 e. The molecule has 6 heteroatoms. The number of phenolic OH excluding ortho intramolecular Hbond substituents is 1. The van der Waals surface area contributed by atoms with Gasteiger partial charge in [-0.15, -0.1) is 0 Å². The van der Waals surface area contributed by atoms with Crippen molar-refractivity contribution in [2.45, 2.75) is 11.8 Å². The van der Waals surface area contributed by atoms with E-state index in [4.69, 9.17) is 10.7 Å². The summed E-state index contributed by atoms with van der Waals surface area (Å²) in [6.07, 6.45) is 0. The molecule has 1 rings (SSSR count). The molecule has 0 saturated carbocycles. The van der Waals surface area contributed by atoms with E-state index in [0.717, 1.165) is 6.07 Å². The second-order valence-corrected chi connectivity index (χ2v) is 4.98. The predicted octanol–water partition coefficient (Wildman–Crippen LogP) is 1.77. The molecule has 0 amide bonds. The van der Waals surface area contributed by atoms with Crippen molar-refractivity contribution >= 4 is 19.7 Å². The first-order valence-electron chi connectivity index (χ1n) is 3.27. The normalized spacial score (nSPS) is 11.6. The lowest BCUT2D eigenvalue weighted by Crippen LogP contribution is -1.97. The van der Waals surface area contributed by atoms with E-state index in [1.165, 1.54) is 13.0 Å². The molecule has 0 saturated heterocycles. The SMILES string of the molecule is Cc1ccc(F)c(S(=O)(=O)Cl)c1O. The largest absolute Gasteiger partial charge is 0.506 e. The molecule has 0 heterocycles. The molecule has 0 atom stereocenters. The molecular formula is C7H6ClFO3S. The molecule has 0 aliphatic rings. The number of benzene rings is 1. The van der Waals surface area contributed by atoms with Gasteiger partial charge in [-0.1, -0.05) is 6.07 Å². The van der Waals surface area contributed by atoms with E-state index in [9.17, 15) is 17.9 Å². The average molecular weight is 225 g/mol. The van der Waals surface area contributed by atoms with E-state index >= 15 is 0 Å². The summed E-state index contributed by atoms with van der Waals surface area (Å²) in [4.78, 5) is -0.867. The molecule has 72 valence electrons. The maximum atomic E-state index is 12.9. The highest BCUT2D eigenvalue weighted by molar-refractivity contribution is 8.13. The number of halogens is 2. The van der Waals surface area contributed by atoms with Crippen LogP contribution >= 0.6 is 10.7 Å². The van der Waals surface area contributed by atoms with Crippen LogP contribution in [0.5, 0.6) is 5.75 Å². The van der Waals surface area contributed by atoms with Crippen molar-refractivity contribution in [1.29, 1.82) is 0 Å². The molecule has 0 fully saturated rings. The van der Waals surface area contributed by atoms with E-state index in [2.05, 4.69) is 0 Å². The number of aromatic hydroxyl groups is 1. The van der Waals surface area contributed by atoms with Crippen LogP contribution in [-0.2, 0) is 9.05 Å². The van der Waals surface area contributed by atoms with Crippen LogP contribution in [0.1, 0.15) is 5.56 Å². The van der Waals surface area contributed by atoms with Crippen LogP contribution in [0, 0.1) is 12.7 Å². The van der Waals surface area contributed by atoms with Gasteiger partial charge in [0.1, 0.15) is 11.6 Å². The summed E-state index contributed by atoms with van der Waals surface area (Å²) in [7, 11) is 0.674. The number of phenols is 1. The Kier molecular flexibility index (Phi) is 2.49. The summed E-state index contributed by atoms with van der Waals surface area (Å²) < 4.78 is 34.5. The Balaban J connectivity index is 3.62. The van der Waals surface area contributed by atoms with Crippen molar-refractivity contribution in [3.05, 3.63) is 23.5 Å². The van der Waals surface area contributed by atoms with Crippen molar-refractivity contribution in [1.82, 2.24) is 0 Å². The Bertz CT molecular complexity index is 441. The minimum Gasteiger partial charge on any atom is -0.506 e. The summed E-state index contributed by atoms with van der Waals surface area (Å²) in [5, 5.41) is 9.21. The molecule has 0 bridgehead atoms. The Labute approximate surface area is 79.2 Å². The first-order chi connectivity index (χ1) is 5.84. The molecule has 13 heavy (non-hydrogen) atoms. The van der Waals surface area contributed by atoms with Crippen LogP contribution in [0.3, 0.4) is 0 Å². The molecule has 1 aromatic carbocycles. The Morgan fingerprint density at radius 3 is 2.38 bits per heavy atom. The van der Waals surface area contributed by atoms with Crippen molar-refractivity contribution in [3.8, 4) is 5.75 Å². The number of rotatable bonds is 1. The topological polar surface area (TPSA) is 54.4 Å². The first-order valence-corrected chi connectivity index (χ1v) is 5.57. The highest BCUT2D eigenvalue weighted by Crippen LogP contribution is 2.31. The molecular weight excluding hydrogens is 219 g/mol. The van der Waals surface area contributed by atoms with Crippen LogP contribution < -0.4 is 0 Å². The van der Waals surface area contributed by atoms with Crippen LogP contribution in [-0.4, -0.2) is 13.5 Å². The zero-order chi connectivity index (χ0) is 10.2. The molecule has 0 spiro atoms. The minimum absolute atomic E-state index is 0.251. The number of hydrogen-bond donors (Lipinski definition) is 1. The van der Waals surface area contributed by atoms with Gasteiger partial charge >= 0.3 is 0 Å². The Hall–Kier alpha value is -0.810. The van der Waals surface area contributed by atoms with Gasteiger partial charge in [-0.25, -0.2) is 12.8 Å². The van der Waals surface area contributed by atoms with Gasteiger partial charge in [0.15, 0.2) is 4.90 Å². The third-order valence-electron chi connectivity index (χ3n) is 1.53. The van der Waals surface area contributed by atoms with Crippen molar-refractivity contribution < 1.29 is 17.9 Å². The Morgan fingerprint density at radius 1 is 1.46 bits per heavy atom. The quantitative estimate of drug-likeness (QED) is 0.740. The van der Waals surface area contributed by atoms with E-state index < -0.39 is 25.5 Å². The lowest BCUT2D eigenvalue weighted by molar-refractivity contribution is 0.441. The minimum atomic E-state index is -4.24. The second-order valence-electron chi connectivity index (χ2n) is 2.48. The van der Waals surface area contributed by atoms with Crippen molar-refractivity contribution in [2.24, 2.45) is 0 Å². The van der Waals surface area contributed by atoms with Gasteiger partial charge < -0.3 is 5.11 Å². The summed E-state index contributed by atoms with van der Waals surface area (Å²) in [5.74, 6) is -1.70. The average Bonchev–Trinajstić information content (AvgIpc) is 1.95. The molecule has 1 N–H and O–H groups in total. The highest BCUT2D eigenvalue weighted by atomic mass is 35.7.